The van der Waals surface area contributed by atoms with Crippen molar-refractivity contribution < 1.29 is 12.9 Å². The Morgan fingerprint density at radius 2 is 2.18 bits per heavy atom. The Morgan fingerprint density at radius 1 is 1.41 bits per heavy atom. The zero-order valence-corrected chi connectivity index (χ0v) is 11.0. The SMILES string of the molecule is Cc1cc([C@@H]2CCCCCN2S(C)(=O)=O)on1. The predicted octanol–water partition coefficient (Wildman–Crippen LogP) is 1.86. The molecule has 0 spiro atoms. The molecule has 6 heteroatoms. The van der Waals surface area contributed by atoms with E-state index in [-0.39, 0.29) is 6.04 Å². The van der Waals surface area contributed by atoms with Crippen molar-refractivity contribution in [2.45, 2.75) is 38.6 Å². The van der Waals surface area contributed by atoms with Crippen LogP contribution in [0.25, 0.3) is 0 Å². The molecule has 0 unspecified atom stereocenters. The smallest absolute Gasteiger partial charge is 0.211 e. The third-order valence-electron chi connectivity index (χ3n) is 3.10. The van der Waals surface area contributed by atoms with Crippen molar-refractivity contribution in [3.05, 3.63) is 17.5 Å². The maximum atomic E-state index is 11.8. The molecule has 0 N–H and O–H groups in total. The summed E-state index contributed by atoms with van der Waals surface area (Å²) in [6, 6.07) is 1.64. The minimum absolute atomic E-state index is 0.186. The van der Waals surface area contributed by atoms with E-state index in [0.29, 0.717) is 12.3 Å². The van der Waals surface area contributed by atoms with E-state index >= 15 is 0 Å². The molecule has 0 aromatic carbocycles. The first-order valence-corrected chi connectivity index (χ1v) is 7.73. The molecule has 1 aliphatic rings. The van der Waals surface area contributed by atoms with Crippen LogP contribution in [-0.4, -0.2) is 30.7 Å². The van der Waals surface area contributed by atoms with Crippen molar-refractivity contribution in [2.75, 3.05) is 12.8 Å². The molecule has 2 rings (SSSR count). The minimum atomic E-state index is -3.19. The van der Waals surface area contributed by atoms with Crippen molar-refractivity contribution in [3.8, 4) is 0 Å². The van der Waals surface area contributed by atoms with Gasteiger partial charge >= 0.3 is 0 Å². The highest BCUT2D eigenvalue weighted by molar-refractivity contribution is 7.88. The molecule has 1 aliphatic heterocycles. The lowest BCUT2D eigenvalue weighted by Gasteiger charge is -2.25. The molecule has 2 heterocycles. The summed E-state index contributed by atoms with van der Waals surface area (Å²) in [7, 11) is -3.19. The van der Waals surface area contributed by atoms with Gasteiger partial charge in [-0.05, 0) is 19.8 Å². The van der Waals surface area contributed by atoms with Crippen LogP contribution in [0.4, 0.5) is 0 Å². The Balaban J connectivity index is 2.33. The average molecular weight is 258 g/mol. The molecule has 1 atom stereocenters. The normalized spacial score (nSPS) is 23.5. The maximum absolute atomic E-state index is 11.8. The monoisotopic (exact) mass is 258 g/mol. The molecule has 0 radical (unpaired) electrons. The van der Waals surface area contributed by atoms with Crippen LogP contribution >= 0.6 is 0 Å². The summed E-state index contributed by atoms with van der Waals surface area (Å²) in [5, 5.41) is 3.84. The molecule has 1 saturated heterocycles. The highest BCUT2D eigenvalue weighted by Crippen LogP contribution is 2.32. The van der Waals surface area contributed by atoms with Gasteiger partial charge in [0.15, 0.2) is 5.76 Å². The standard InChI is InChI=1S/C11H18N2O3S/c1-9-8-11(16-12-9)10-6-4-3-5-7-13(10)17(2,14)15/h8,10H,3-7H2,1-2H3/t10-/m0/s1. The summed E-state index contributed by atoms with van der Waals surface area (Å²) in [5.74, 6) is 0.662. The Morgan fingerprint density at radius 3 is 2.76 bits per heavy atom. The largest absolute Gasteiger partial charge is 0.359 e. The van der Waals surface area contributed by atoms with Gasteiger partial charge in [0.05, 0.1) is 18.0 Å². The van der Waals surface area contributed by atoms with E-state index in [9.17, 15) is 8.42 Å². The molecule has 1 aromatic heterocycles. The Hall–Kier alpha value is -0.880. The fourth-order valence-electron chi connectivity index (χ4n) is 2.30. The van der Waals surface area contributed by atoms with Crippen molar-refractivity contribution in [2.24, 2.45) is 0 Å². The van der Waals surface area contributed by atoms with Gasteiger partial charge in [-0.3, -0.25) is 0 Å². The number of rotatable bonds is 2. The predicted molar refractivity (Wildman–Crippen MR) is 64.0 cm³/mol. The Kier molecular flexibility index (Phi) is 3.53. The van der Waals surface area contributed by atoms with Crippen LogP contribution in [0, 0.1) is 6.92 Å². The number of aromatic nitrogens is 1. The molecule has 5 nitrogen and oxygen atoms in total. The van der Waals surface area contributed by atoms with Crippen molar-refractivity contribution in [1.29, 1.82) is 0 Å². The van der Waals surface area contributed by atoms with E-state index in [0.717, 1.165) is 31.4 Å². The van der Waals surface area contributed by atoms with Crippen LogP contribution in [0.15, 0.2) is 10.6 Å². The van der Waals surface area contributed by atoms with Crippen LogP contribution in [0.3, 0.4) is 0 Å². The van der Waals surface area contributed by atoms with Crippen molar-refractivity contribution >= 4 is 10.0 Å². The number of nitrogens with zero attached hydrogens (tertiary/aromatic N) is 2. The summed E-state index contributed by atoms with van der Waals surface area (Å²) in [4.78, 5) is 0. The van der Waals surface area contributed by atoms with Gasteiger partial charge in [-0.2, -0.15) is 4.31 Å². The summed E-state index contributed by atoms with van der Waals surface area (Å²) in [5.41, 5.74) is 0.790. The fraction of sp³-hybridized carbons (Fsp3) is 0.727. The second-order valence-electron chi connectivity index (χ2n) is 4.61. The number of hydrogen-bond acceptors (Lipinski definition) is 4. The third kappa shape index (κ3) is 2.87. The second-order valence-corrected chi connectivity index (χ2v) is 6.54. The van der Waals surface area contributed by atoms with E-state index in [2.05, 4.69) is 5.16 Å². The summed E-state index contributed by atoms with van der Waals surface area (Å²) < 4.78 is 30.4. The van der Waals surface area contributed by atoms with E-state index in [1.54, 1.807) is 4.31 Å². The second kappa shape index (κ2) is 4.78. The van der Waals surface area contributed by atoms with Crippen molar-refractivity contribution in [1.82, 2.24) is 9.46 Å². The molecule has 1 fully saturated rings. The van der Waals surface area contributed by atoms with E-state index in [4.69, 9.17) is 4.52 Å². The van der Waals surface area contributed by atoms with Crippen LogP contribution < -0.4 is 0 Å². The number of aryl methyl sites for hydroxylation is 1. The first-order valence-electron chi connectivity index (χ1n) is 5.88. The van der Waals surface area contributed by atoms with Gasteiger partial charge < -0.3 is 4.52 Å². The lowest BCUT2D eigenvalue weighted by atomic mass is 10.1. The first kappa shape index (κ1) is 12.6. The zero-order chi connectivity index (χ0) is 12.5. The molecule has 0 bridgehead atoms. The number of hydrogen-bond donors (Lipinski definition) is 0. The molecule has 96 valence electrons. The third-order valence-corrected chi connectivity index (χ3v) is 4.39. The van der Waals surface area contributed by atoms with Gasteiger partial charge in [0.1, 0.15) is 0 Å². The molecule has 1 aromatic rings. The highest BCUT2D eigenvalue weighted by atomic mass is 32.2. The first-order chi connectivity index (χ1) is 7.98. The molecule has 0 aliphatic carbocycles. The zero-order valence-electron chi connectivity index (χ0n) is 10.2. The molecule has 17 heavy (non-hydrogen) atoms. The Bertz CT molecular complexity index is 481. The summed E-state index contributed by atoms with van der Waals surface area (Å²) in [6.07, 6.45) is 5.07. The van der Waals surface area contributed by atoms with E-state index in [1.807, 2.05) is 13.0 Å². The van der Waals surface area contributed by atoms with Crippen LogP contribution in [0.1, 0.15) is 43.2 Å². The van der Waals surface area contributed by atoms with Crippen molar-refractivity contribution in [3.63, 3.8) is 0 Å². The fourth-order valence-corrected chi connectivity index (χ4v) is 3.44. The average Bonchev–Trinajstić information content (AvgIpc) is 2.52. The lowest BCUT2D eigenvalue weighted by Crippen LogP contribution is -2.33. The molecular weight excluding hydrogens is 240 g/mol. The van der Waals surface area contributed by atoms with E-state index in [1.165, 1.54) is 6.26 Å². The molecular formula is C11H18N2O3S. The quantitative estimate of drug-likeness (QED) is 0.812. The minimum Gasteiger partial charge on any atom is -0.359 e. The van der Waals surface area contributed by atoms with Gasteiger partial charge in [0.2, 0.25) is 10.0 Å². The van der Waals surface area contributed by atoms with Gasteiger partial charge in [-0.1, -0.05) is 18.0 Å². The highest BCUT2D eigenvalue weighted by Gasteiger charge is 2.31. The Labute approximate surface area is 102 Å². The van der Waals surface area contributed by atoms with Crippen LogP contribution in [0.5, 0.6) is 0 Å². The molecule has 0 amide bonds. The summed E-state index contributed by atoms with van der Waals surface area (Å²) in [6.45, 7) is 2.41. The van der Waals surface area contributed by atoms with Gasteiger partial charge in [0.25, 0.3) is 0 Å². The van der Waals surface area contributed by atoms with Crippen LogP contribution in [-0.2, 0) is 10.0 Å². The lowest BCUT2D eigenvalue weighted by molar-refractivity contribution is 0.259. The van der Waals surface area contributed by atoms with Gasteiger partial charge in [-0.15, -0.1) is 0 Å². The topological polar surface area (TPSA) is 63.4 Å². The van der Waals surface area contributed by atoms with Gasteiger partial charge in [-0.25, -0.2) is 8.42 Å². The van der Waals surface area contributed by atoms with Crippen LogP contribution in [0.2, 0.25) is 0 Å². The maximum Gasteiger partial charge on any atom is 0.211 e. The number of sulfonamides is 1. The summed E-state index contributed by atoms with van der Waals surface area (Å²) >= 11 is 0. The van der Waals surface area contributed by atoms with Gasteiger partial charge in [0, 0.05) is 12.6 Å². The van der Waals surface area contributed by atoms with E-state index < -0.39 is 10.0 Å². The molecule has 0 saturated carbocycles.